The van der Waals surface area contributed by atoms with E-state index in [-0.39, 0.29) is 22.6 Å². The summed E-state index contributed by atoms with van der Waals surface area (Å²) >= 11 is 0. The molecule has 1 fully saturated rings. The van der Waals surface area contributed by atoms with Crippen molar-refractivity contribution in [1.82, 2.24) is 4.90 Å². The molecule has 0 radical (unpaired) electrons. The van der Waals surface area contributed by atoms with E-state index in [4.69, 9.17) is 0 Å². The number of anilines is 1. The molecule has 2 aromatic rings. The normalized spacial score (nSPS) is 16.1. The first-order valence-corrected chi connectivity index (χ1v) is 12.2. The van der Waals surface area contributed by atoms with E-state index < -0.39 is 9.84 Å². The number of carbonyl (C=O) groups excluding carboxylic acids is 2. The van der Waals surface area contributed by atoms with Crippen LogP contribution < -0.4 is 5.32 Å². The van der Waals surface area contributed by atoms with Gasteiger partial charge < -0.3 is 10.2 Å². The van der Waals surface area contributed by atoms with E-state index in [9.17, 15) is 18.0 Å². The lowest BCUT2D eigenvalue weighted by Gasteiger charge is -2.29. The van der Waals surface area contributed by atoms with E-state index in [0.29, 0.717) is 19.4 Å². The van der Waals surface area contributed by atoms with Gasteiger partial charge in [-0.1, -0.05) is 18.2 Å². The molecule has 6 nitrogen and oxygen atoms in total. The number of fused-ring (bicyclic) bond motifs is 1. The highest BCUT2D eigenvalue weighted by molar-refractivity contribution is 7.90. The van der Waals surface area contributed by atoms with Crippen molar-refractivity contribution >= 4 is 27.3 Å². The summed E-state index contributed by atoms with van der Waals surface area (Å²) in [6.07, 6.45) is 4.89. The van der Waals surface area contributed by atoms with Crippen LogP contribution in [0.25, 0.3) is 0 Å². The van der Waals surface area contributed by atoms with E-state index in [0.717, 1.165) is 42.6 Å². The molecule has 158 valence electrons. The second kappa shape index (κ2) is 8.22. The van der Waals surface area contributed by atoms with Gasteiger partial charge in [0.2, 0.25) is 11.8 Å². The fourth-order valence-corrected chi connectivity index (χ4v) is 4.43. The van der Waals surface area contributed by atoms with Crippen molar-refractivity contribution < 1.29 is 18.0 Å². The summed E-state index contributed by atoms with van der Waals surface area (Å²) in [5, 5.41) is 2.94. The Bertz CT molecular complexity index is 1070. The highest BCUT2D eigenvalue weighted by Gasteiger charge is 2.34. The Morgan fingerprint density at radius 1 is 1.07 bits per heavy atom. The maximum Gasteiger partial charge on any atom is 0.225 e. The number of nitrogens with zero attached hydrogens (tertiary/aromatic N) is 1. The van der Waals surface area contributed by atoms with Gasteiger partial charge in [0.15, 0.2) is 9.84 Å². The highest BCUT2D eigenvalue weighted by atomic mass is 32.2. The van der Waals surface area contributed by atoms with Crippen LogP contribution in [0, 0.1) is 5.92 Å². The molecule has 1 aliphatic carbocycles. The van der Waals surface area contributed by atoms with Gasteiger partial charge in [0.05, 0.1) is 4.90 Å². The van der Waals surface area contributed by atoms with Crippen molar-refractivity contribution in [3.63, 3.8) is 0 Å². The van der Waals surface area contributed by atoms with Crippen LogP contribution in [-0.4, -0.2) is 37.9 Å². The van der Waals surface area contributed by atoms with Crippen molar-refractivity contribution in [2.75, 3.05) is 18.1 Å². The molecule has 30 heavy (non-hydrogen) atoms. The Labute approximate surface area is 177 Å². The zero-order valence-corrected chi connectivity index (χ0v) is 17.9. The second-order valence-corrected chi connectivity index (χ2v) is 10.2. The summed E-state index contributed by atoms with van der Waals surface area (Å²) in [7, 11) is -3.21. The first-order chi connectivity index (χ1) is 14.3. The van der Waals surface area contributed by atoms with Crippen LogP contribution in [0.3, 0.4) is 0 Å². The van der Waals surface area contributed by atoms with Gasteiger partial charge in [0.1, 0.15) is 0 Å². The number of carbonyl (C=O) groups is 2. The summed E-state index contributed by atoms with van der Waals surface area (Å²) in [6.45, 7) is 1.38. The largest absolute Gasteiger partial charge is 0.338 e. The van der Waals surface area contributed by atoms with Gasteiger partial charge in [-0.2, -0.15) is 0 Å². The lowest BCUT2D eigenvalue weighted by atomic mass is 9.98. The summed E-state index contributed by atoms with van der Waals surface area (Å²) in [6, 6.07) is 12.5. The van der Waals surface area contributed by atoms with Gasteiger partial charge in [0.25, 0.3) is 0 Å². The summed E-state index contributed by atoms with van der Waals surface area (Å²) < 4.78 is 23.0. The summed E-state index contributed by atoms with van der Waals surface area (Å²) in [5.41, 5.74) is 3.99. The van der Waals surface area contributed by atoms with Gasteiger partial charge in [-0.15, -0.1) is 0 Å². The van der Waals surface area contributed by atoms with E-state index in [1.165, 1.54) is 11.8 Å². The molecule has 2 amide bonds. The zero-order chi connectivity index (χ0) is 21.3. The molecule has 1 heterocycles. The number of hydrogen-bond acceptors (Lipinski definition) is 4. The lowest BCUT2D eigenvalue weighted by Crippen LogP contribution is -2.36. The first kappa shape index (κ1) is 20.6. The first-order valence-electron chi connectivity index (χ1n) is 10.3. The minimum absolute atomic E-state index is 0.0936. The molecular weight excluding hydrogens is 400 g/mol. The smallest absolute Gasteiger partial charge is 0.225 e. The maximum absolute atomic E-state index is 12.4. The predicted octanol–water partition coefficient (Wildman–Crippen LogP) is 2.96. The van der Waals surface area contributed by atoms with E-state index >= 15 is 0 Å². The molecule has 4 rings (SSSR count). The summed E-state index contributed by atoms with van der Waals surface area (Å²) in [5.74, 6) is 0.391. The average molecular weight is 427 g/mol. The van der Waals surface area contributed by atoms with Crippen molar-refractivity contribution in [2.24, 2.45) is 5.92 Å². The van der Waals surface area contributed by atoms with Crippen LogP contribution in [0.1, 0.15) is 36.0 Å². The fourth-order valence-electron chi connectivity index (χ4n) is 3.80. The number of sulfone groups is 1. The van der Waals surface area contributed by atoms with Crippen LogP contribution in [0.5, 0.6) is 0 Å². The van der Waals surface area contributed by atoms with Crippen molar-refractivity contribution in [3.8, 4) is 0 Å². The highest BCUT2D eigenvalue weighted by Crippen LogP contribution is 2.33. The minimum Gasteiger partial charge on any atom is -0.338 e. The molecule has 1 aliphatic heterocycles. The molecule has 0 bridgehead atoms. The van der Waals surface area contributed by atoms with Crippen LogP contribution in [0.4, 0.5) is 5.69 Å². The van der Waals surface area contributed by atoms with Gasteiger partial charge in [-0.25, -0.2) is 8.42 Å². The molecule has 2 aliphatic rings. The van der Waals surface area contributed by atoms with E-state index in [2.05, 4.69) is 5.32 Å². The third-order valence-electron chi connectivity index (χ3n) is 5.73. The van der Waals surface area contributed by atoms with E-state index in [1.54, 1.807) is 24.3 Å². The zero-order valence-electron chi connectivity index (χ0n) is 17.1. The quantitative estimate of drug-likeness (QED) is 0.770. The monoisotopic (exact) mass is 426 g/mol. The minimum atomic E-state index is -3.21. The Balaban J connectivity index is 1.33. The topological polar surface area (TPSA) is 83.6 Å². The van der Waals surface area contributed by atoms with Crippen molar-refractivity contribution in [3.05, 3.63) is 59.2 Å². The SMILES string of the molecule is CS(=O)(=O)c1ccc(CCC(=O)Nc2ccc3c(c2)CN(C(=O)C2CC2)CC3)cc1. The van der Waals surface area contributed by atoms with Gasteiger partial charge in [-0.3, -0.25) is 9.59 Å². The third kappa shape index (κ3) is 4.90. The Kier molecular flexibility index (Phi) is 5.64. The van der Waals surface area contributed by atoms with E-state index in [1.807, 2.05) is 23.1 Å². The van der Waals surface area contributed by atoms with Gasteiger partial charge in [0, 0.05) is 37.4 Å². The number of amides is 2. The molecule has 2 aromatic carbocycles. The number of aryl methyl sites for hydroxylation is 1. The molecule has 0 unspecified atom stereocenters. The third-order valence-corrected chi connectivity index (χ3v) is 6.86. The Hall–Kier alpha value is -2.67. The Morgan fingerprint density at radius 3 is 2.47 bits per heavy atom. The number of rotatable bonds is 6. The van der Waals surface area contributed by atoms with Crippen molar-refractivity contribution in [1.29, 1.82) is 0 Å². The predicted molar refractivity (Wildman–Crippen MR) is 115 cm³/mol. The second-order valence-electron chi connectivity index (χ2n) is 8.23. The standard InChI is InChI=1S/C23H26N2O4S/c1-30(28,29)21-9-2-16(3-10-21)4-11-22(26)24-20-8-7-17-12-13-25(15-19(17)14-20)23(27)18-5-6-18/h2-3,7-10,14,18H,4-6,11-13,15H2,1H3,(H,24,26). The van der Waals surface area contributed by atoms with Gasteiger partial charge >= 0.3 is 0 Å². The van der Waals surface area contributed by atoms with Crippen LogP contribution in [-0.2, 0) is 38.8 Å². The van der Waals surface area contributed by atoms with Crippen molar-refractivity contribution in [2.45, 2.75) is 43.5 Å². The van der Waals surface area contributed by atoms with Gasteiger partial charge in [-0.05, 0) is 66.6 Å². The molecule has 0 spiro atoms. The fraction of sp³-hybridized carbons (Fsp3) is 0.391. The lowest BCUT2D eigenvalue weighted by molar-refractivity contribution is -0.133. The molecule has 0 atom stereocenters. The van der Waals surface area contributed by atoms with Crippen LogP contribution >= 0.6 is 0 Å². The number of hydrogen-bond donors (Lipinski definition) is 1. The molecule has 0 aromatic heterocycles. The molecule has 0 saturated heterocycles. The molecule has 1 N–H and O–H groups in total. The average Bonchev–Trinajstić information content (AvgIpc) is 3.56. The molecular formula is C23H26N2O4S. The Morgan fingerprint density at radius 2 is 1.80 bits per heavy atom. The molecule has 7 heteroatoms. The maximum atomic E-state index is 12.4. The number of benzene rings is 2. The summed E-state index contributed by atoms with van der Waals surface area (Å²) in [4.78, 5) is 26.9. The van der Waals surface area contributed by atoms with Crippen LogP contribution in [0.2, 0.25) is 0 Å². The number of nitrogens with one attached hydrogen (secondary N) is 1. The molecule has 1 saturated carbocycles. The van der Waals surface area contributed by atoms with Crippen LogP contribution in [0.15, 0.2) is 47.4 Å².